The molecule has 0 rings (SSSR count). The molecule has 0 saturated carbocycles. The predicted octanol–water partition coefficient (Wildman–Crippen LogP) is 1.17. The molecule has 80 valence electrons. The molecule has 0 heterocycles. The van der Waals surface area contributed by atoms with E-state index in [9.17, 15) is 0 Å². The molecule has 3 heteroatoms. The van der Waals surface area contributed by atoms with Crippen molar-refractivity contribution in [1.82, 2.24) is 15.3 Å². The van der Waals surface area contributed by atoms with Crippen molar-refractivity contribution < 1.29 is 0 Å². The molecule has 0 fully saturated rings. The number of nitrogens with one attached hydrogen (secondary N) is 1. The molecule has 1 N–H and O–H groups in total. The maximum atomic E-state index is 3.43. The van der Waals surface area contributed by atoms with Gasteiger partial charge in [0, 0.05) is 26.2 Å². The van der Waals surface area contributed by atoms with Crippen molar-refractivity contribution in [3.63, 3.8) is 0 Å². The molecule has 0 bridgehead atoms. The summed E-state index contributed by atoms with van der Waals surface area (Å²) in [6.45, 7) is 8.89. The topological polar surface area (TPSA) is 18.5 Å². The van der Waals surface area contributed by atoms with Crippen molar-refractivity contribution in [2.45, 2.75) is 26.7 Å². The van der Waals surface area contributed by atoms with Gasteiger partial charge in [-0.1, -0.05) is 13.8 Å². The highest BCUT2D eigenvalue weighted by atomic mass is 15.5. The van der Waals surface area contributed by atoms with E-state index < -0.39 is 0 Å². The molecular weight excluding hydrogens is 162 g/mol. The van der Waals surface area contributed by atoms with Crippen molar-refractivity contribution >= 4 is 0 Å². The second-order valence-corrected chi connectivity index (χ2v) is 3.70. The van der Waals surface area contributed by atoms with Crippen LogP contribution in [-0.2, 0) is 0 Å². The molecule has 0 unspecified atom stereocenters. The van der Waals surface area contributed by atoms with E-state index in [1.807, 2.05) is 0 Å². The summed E-state index contributed by atoms with van der Waals surface area (Å²) in [6.07, 6.45) is 2.41. The van der Waals surface area contributed by atoms with E-state index in [-0.39, 0.29) is 0 Å². The van der Waals surface area contributed by atoms with Crippen LogP contribution >= 0.6 is 0 Å². The van der Waals surface area contributed by atoms with E-state index in [1.54, 1.807) is 0 Å². The molecular formula is C10H25N3. The van der Waals surface area contributed by atoms with Crippen LogP contribution in [0.3, 0.4) is 0 Å². The van der Waals surface area contributed by atoms with Gasteiger partial charge in [0.2, 0.25) is 0 Å². The summed E-state index contributed by atoms with van der Waals surface area (Å²) in [5.74, 6) is 0. The minimum absolute atomic E-state index is 1.09. The van der Waals surface area contributed by atoms with Gasteiger partial charge in [-0.15, -0.1) is 0 Å². The van der Waals surface area contributed by atoms with Crippen molar-refractivity contribution in [3.05, 3.63) is 0 Å². The Bertz CT molecular complexity index is 104. The van der Waals surface area contributed by atoms with Gasteiger partial charge in [0.15, 0.2) is 0 Å². The summed E-state index contributed by atoms with van der Waals surface area (Å²) in [5, 5.41) is 2.32. The molecule has 0 spiro atoms. The fraction of sp³-hybridized carbons (Fsp3) is 1.00. The zero-order valence-electron chi connectivity index (χ0n) is 9.64. The Morgan fingerprint density at radius 1 is 0.923 bits per heavy atom. The van der Waals surface area contributed by atoms with Crippen LogP contribution in [0.25, 0.3) is 0 Å². The lowest BCUT2D eigenvalue weighted by molar-refractivity contribution is 0.170. The minimum Gasteiger partial charge on any atom is -0.308 e. The summed E-state index contributed by atoms with van der Waals surface area (Å²) in [5.41, 5.74) is 3.43. The van der Waals surface area contributed by atoms with E-state index in [0.717, 1.165) is 26.2 Å². The first-order valence-corrected chi connectivity index (χ1v) is 5.33. The van der Waals surface area contributed by atoms with Gasteiger partial charge in [0.1, 0.15) is 0 Å². The zero-order valence-corrected chi connectivity index (χ0v) is 9.64. The maximum Gasteiger partial charge on any atom is 0.0258 e. The second kappa shape index (κ2) is 8.48. The van der Waals surface area contributed by atoms with Gasteiger partial charge in [-0.05, 0) is 26.9 Å². The highest BCUT2D eigenvalue weighted by Crippen LogP contribution is 1.88. The molecule has 13 heavy (non-hydrogen) atoms. The number of hydrogen-bond acceptors (Lipinski definition) is 3. The molecule has 0 amide bonds. The van der Waals surface area contributed by atoms with Crippen LogP contribution in [0.5, 0.6) is 0 Å². The summed E-state index contributed by atoms with van der Waals surface area (Å²) >= 11 is 0. The molecule has 0 aromatic carbocycles. The first-order chi connectivity index (χ1) is 6.20. The monoisotopic (exact) mass is 187 g/mol. The van der Waals surface area contributed by atoms with Gasteiger partial charge in [0.05, 0.1) is 0 Å². The Kier molecular flexibility index (Phi) is 8.40. The van der Waals surface area contributed by atoms with Crippen molar-refractivity contribution in [2.75, 3.05) is 40.3 Å². The van der Waals surface area contributed by atoms with Crippen LogP contribution in [0.2, 0.25) is 0 Å². The first kappa shape index (κ1) is 12.9. The van der Waals surface area contributed by atoms with Crippen LogP contribution in [0, 0.1) is 0 Å². The smallest absolute Gasteiger partial charge is 0.0258 e. The maximum absolute atomic E-state index is 3.43. The van der Waals surface area contributed by atoms with Gasteiger partial charge in [0.25, 0.3) is 0 Å². The number of likely N-dealkylation sites (N-methyl/N-ethyl adjacent to an activating group) is 1. The molecule has 0 aliphatic carbocycles. The average molecular weight is 187 g/mol. The van der Waals surface area contributed by atoms with Gasteiger partial charge < -0.3 is 4.90 Å². The largest absolute Gasteiger partial charge is 0.308 e. The van der Waals surface area contributed by atoms with E-state index in [4.69, 9.17) is 0 Å². The minimum atomic E-state index is 1.09. The summed E-state index contributed by atoms with van der Waals surface area (Å²) in [7, 11) is 4.23. The third kappa shape index (κ3) is 8.22. The lowest BCUT2D eigenvalue weighted by Gasteiger charge is -2.24. The molecule has 0 atom stereocenters. The molecule has 0 aliphatic heterocycles. The lowest BCUT2D eigenvalue weighted by atomic mass is 10.4. The number of hydrazine groups is 1. The standard InChI is InChI=1S/C10H25N3/c1-5-7-11-13(8-6-2)10-9-12(3)4/h11H,5-10H2,1-4H3. The quantitative estimate of drug-likeness (QED) is 0.576. The van der Waals surface area contributed by atoms with Crippen molar-refractivity contribution in [2.24, 2.45) is 0 Å². The van der Waals surface area contributed by atoms with Crippen LogP contribution in [0.15, 0.2) is 0 Å². The fourth-order valence-corrected chi connectivity index (χ4v) is 1.13. The molecule has 0 aromatic heterocycles. The molecule has 0 saturated heterocycles. The SMILES string of the molecule is CCCNN(CCC)CCN(C)C. The van der Waals surface area contributed by atoms with E-state index >= 15 is 0 Å². The third-order valence-electron chi connectivity index (χ3n) is 1.90. The Morgan fingerprint density at radius 3 is 2.08 bits per heavy atom. The second-order valence-electron chi connectivity index (χ2n) is 3.70. The highest BCUT2D eigenvalue weighted by Gasteiger charge is 2.01. The van der Waals surface area contributed by atoms with Gasteiger partial charge >= 0.3 is 0 Å². The molecule has 3 nitrogen and oxygen atoms in total. The Balaban J connectivity index is 3.53. The van der Waals surface area contributed by atoms with E-state index in [0.29, 0.717) is 0 Å². The zero-order chi connectivity index (χ0) is 10.1. The number of hydrogen-bond donors (Lipinski definition) is 1. The summed E-state index contributed by atoms with van der Waals surface area (Å²) in [4.78, 5) is 2.22. The Morgan fingerprint density at radius 2 is 1.62 bits per heavy atom. The summed E-state index contributed by atoms with van der Waals surface area (Å²) in [6, 6.07) is 0. The van der Waals surface area contributed by atoms with Crippen LogP contribution in [0.4, 0.5) is 0 Å². The third-order valence-corrected chi connectivity index (χ3v) is 1.90. The molecule has 0 aliphatic rings. The molecule has 0 radical (unpaired) electrons. The number of rotatable bonds is 8. The van der Waals surface area contributed by atoms with Gasteiger partial charge in [-0.25, -0.2) is 5.01 Å². The van der Waals surface area contributed by atoms with Crippen molar-refractivity contribution in [1.29, 1.82) is 0 Å². The van der Waals surface area contributed by atoms with E-state index in [2.05, 4.69) is 43.3 Å². The lowest BCUT2D eigenvalue weighted by Crippen LogP contribution is -2.42. The summed E-state index contributed by atoms with van der Waals surface area (Å²) < 4.78 is 0. The number of nitrogens with zero attached hydrogens (tertiary/aromatic N) is 2. The van der Waals surface area contributed by atoms with Crippen LogP contribution in [0.1, 0.15) is 26.7 Å². The fourth-order valence-electron chi connectivity index (χ4n) is 1.13. The molecule has 0 aromatic rings. The Labute approximate surface area is 83.1 Å². The van der Waals surface area contributed by atoms with E-state index in [1.165, 1.54) is 12.8 Å². The average Bonchev–Trinajstić information content (AvgIpc) is 2.09. The van der Waals surface area contributed by atoms with Gasteiger partial charge in [-0.3, -0.25) is 5.43 Å². The first-order valence-electron chi connectivity index (χ1n) is 5.33. The van der Waals surface area contributed by atoms with Crippen LogP contribution in [-0.4, -0.2) is 50.2 Å². The Hall–Kier alpha value is -0.120. The van der Waals surface area contributed by atoms with Crippen LogP contribution < -0.4 is 5.43 Å². The normalized spacial score (nSPS) is 11.5. The predicted molar refractivity (Wildman–Crippen MR) is 58.7 cm³/mol. The highest BCUT2D eigenvalue weighted by molar-refractivity contribution is 4.54. The van der Waals surface area contributed by atoms with Crippen molar-refractivity contribution in [3.8, 4) is 0 Å². The van der Waals surface area contributed by atoms with Gasteiger partial charge in [-0.2, -0.15) is 0 Å².